The van der Waals surface area contributed by atoms with Gasteiger partial charge in [-0.1, -0.05) is 97.1 Å². The Labute approximate surface area is 207 Å². The third kappa shape index (κ3) is 5.05. The van der Waals surface area contributed by atoms with E-state index < -0.39 is 13.7 Å². The molecule has 0 aliphatic rings. The molecule has 0 unspecified atom stereocenters. The zero-order valence-electron chi connectivity index (χ0n) is 19.0. The molecule has 0 N–H and O–H groups in total. The molecular weight excluding hydrogens is 495 g/mol. The smallest absolute Gasteiger partial charge is 0.225 e. The van der Waals surface area contributed by atoms with E-state index in [1.807, 2.05) is 24.3 Å². The molecule has 3 nitrogen and oxygen atoms in total. The fraction of sp³-hybridized carbons (Fsp3) is 0.143. The highest BCUT2D eigenvalue weighted by Gasteiger charge is 2.37. The van der Waals surface area contributed by atoms with Gasteiger partial charge < -0.3 is 14.2 Å². The van der Waals surface area contributed by atoms with Crippen LogP contribution in [0.3, 0.4) is 0 Å². The van der Waals surface area contributed by atoms with E-state index in [-0.39, 0.29) is 17.0 Å². The molecule has 5 heteroatoms. The summed E-state index contributed by atoms with van der Waals surface area (Å²) in [4.78, 5) is 0. The number of methoxy groups -OCH3 is 3. The van der Waals surface area contributed by atoms with Crippen LogP contribution in [-0.2, 0) is 15.3 Å². The Hall–Kier alpha value is -2.49. The fourth-order valence-corrected chi connectivity index (χ4v) is 6.32. The van der Waals surface area contributed by atoms with E-state index in [1.54, 1.807) is 21.3 Å². The largest absolute Gasteiger partial charge is 0.496 e. The van der Waals surface area contributed by atoms with Gasteiger partial charge >= 0.3 is 0 Å². The van der Waals surface area contributed by atoms with Gasteiger partial charge in [0.1, 0.15) is 5.75 Å². The minimum absolute atomic E-state index is 0. The highest BCUT2D eigenvalue weighted by molar-refractivity contribution is 8.93. The number of ether oxygens (including phenoxy) is 3. The molecule has 0 amide bonds. The maximum absolute atomic E-state index is 5.97. The molecule has 0 aliphatic heterocycles. The van der Waals surface area contributed by atoms with Crippen LogP contribution >= 0.6 is 24.9 Å². The van der Waals surface area contributed by atoms with Crippen LogP contribution in [0.1, 0.15) is 11.1 Å². The Kier molecular flexibility index (Phi) is 8.82. The van der Waals surface area contributed by atoms with Gasteiger partial charge in [-0.15, -0.1) is 17.0 Å². The molecule has 0 spiro atoms. The Morgan fingerprint density at radius 2 is 1.00 bits per heavy atom. The van der Waals surface area contributed by atoms with Gasteiger partial charge in [-0.3, -0.25) is 0 Å². The molecule has 0 aliphatic carbocycles. The van der Waals surface area contributed by atoms with Crippen LogP contribution in [0.5, 0.6) is 5.75 Å². The molecule has 0 radical (unpaired) electrons. The standard InChI is InChI=1S/C28H27O3P.BrH/c1-29-27-17-11-10-16-26(27)28(30-2,31-3)22-18-20-25(21-19-22)32(23-12-6-4-7-13-23)24-14-8-5-9-15-24;/h4-21H,1-3H3;1H. The van der Waals surface area contributed by atoms with Crippen LogP contribution in [0, 0.1) is 0 Å². The van der Waals surface area contributed by atoms with E-state index in [9.17, 15) is 0 Å². The molecule has 170 valence electrons. The molecule has 0 fully saturated rings. The first-order chi connectivity index (χ1) is 15.7. The van der Waals surface area contributed by atoms with Crippen molar-refractivity contribution in [3.8, 4) is 5.75 Å². The number of rotatable bonds is 8. The molecule has 0 heterocycles. The topological polar surface area (TPSA) is 27.7 Å². The van der Waals surface area contributed by atoms with E-state index in [0.717, 1.165) is 16.9 Å². The second kappa shape index (κ2) is 11.6. The van der Waals surface area contributed by atoms with Crippen molar-refractivity contribution >= 4 is 40.8 Å². The van der Waals surface area contributed by atoms with Gasteiger partial charge in [-0.05, 0) is 36.0 Å². The molecule has 0 bridgehead atoms. The van der Waals surface area contributed by atoms with Crippen molar-refractivity contribution in [2.75, 3.05) is 21.3 Å². The van der Waals surface area contributed by atoms with Gasteiger partial charge in [0.25, 0.3) is 0 Å². The first-order valence-electron chi connectivity index (χ1n) is 10.5. The van der Waals surface area contributed by atoms with Crippen LogP contribution in [0.4, 0.5) is 0 Å². The van der Waals surface area contributed by atoms with Gasteiger partial charge in [0.2, 0.25) is 5.79 Å². The molecule has 0 atom stereocenters. The summed E-state index contributed by atoms with van der Waals surface area (Å²) >= 11 is 0. The van der Waals surface area contributed by atoms with Crippen molar-refractivity contribution in [3.05, 3.63) is 120 Å². The summed E-state index contributed by atoms with van der Waals surface area (Å²) in [6, 6.07) is 37.7. The maximum Gasteiger partial charge on any atom is 0.225 e. The van der Waals surface area contributed by atoms with E-state index in [0.29, 0.717) is 0 Å². The fourth-order valence-electron chi connectivity index (χ4n) is 4.04. The molecule has 33 heavy (non-hydrogen) atoms. The summed E-state index contributed by atoms with van der Waals surface area (Å²) in [5.41, 5.74) is 1.74. The summed E-state index contributed by atoms with van der Waals surface area (Å²) in [7, 11) is 4.30. The summed E-state index contributed by atoms with van der Waals surface area (Å²) in [6.45, 7) is 0. The lowest BCUT2D eigenvalue weighted by molar-refractivity contribution is -0.184. The summed E-state index contributed by atoms with van der Waals surface area (Å²) in [6.07, 6.45) is 0. The van der Waals surface area contributed by atoms with Gasteiger partial charge in [-0.2, -0.15) is 0 Å². The van der Waals surface area contributed by atoms with Crippen molar-refractivity contribution in [2.24, 2.45) is 0 Å². The molecule has 0 saturated heterocycles. The number of halogens is 1. The monoisotopic (exact) mass is 522 g/mol. The van der Waals surface area contributed by atoms with Crippen molar-refractivity contribution < 1.29 is 14.2 Å². The lowest BCUT2D eigenvalue weighted by Gasteiger charge is -2.33. The van der Waals surface area contributed by atoms with Crippen molar-refractivity contribution in [2.45, 2.75) is 5.79 Å². The van der Waals surface area contributed by atoms with Crippen LogP contribution in [0.15, 0.2) is 109 Å². The third-order valence-corrected chi connectivity index (χ3v) is 8.01. The minimum Gasteiger partial charge on any atom is -0.496 e. The van der Waals surface area contributed by atoms with Crippen molar-refractivity contribution in [1.29, 1.82) is 0 Å². The molecule has 4 aromatic rings. The van der Waals surface area contributed by atoms with Gasteiger partial charge in [0, 0.05) is 19.8 Å². The number of benzene rings is 4. The molecule has 0 saturated carbocycles. The second-order valence-corrected chi connectivity index (χ2v) is 9.50. The van der Waals surface area contributed by atoms with E-state index in [1.165, 1.54) is 15.9 Å². The van der Waals surface area contributed by atoms with Gasteiger partial charge in [-0.25, -0.2) is 0 Å². The molecule has 0 aromatic heterocycles. The van der Waals surface area contributed by atoms with E-state index >= 15 is 0 Å². The van der Waals surface area contributed by atoms with Crippen LogP contribution in [-0.4, -0.2) is 21.3 Å². The highest BCUT2D eigenvalue weighted by atomic mass is 79.9. The van der Waals surface area contributed by atoms with Gasteiger partial charge in [0.15, 0.2) is 0 Å². The number of hydrogen-bond acceptors (Lipinski definition) is 3. The maximum atomic E-state index is 5.97. The minimum atomic E-state index is -1.06. The zero-order valence-corrected chi connectivity index (χ0v) is 21.6. The Bertz CT molecular complexity index is 1090. The zero-order chi connectivity index (χ0) is 22.4. The predicted molar refractivity (Wildman–Crippen MR) is 143 cm³/mol. The first-order valence-corrected chi connectivity index (χ1v) is 11.8. The molecule has 4 rings (SSSR count). The first kappa shape index (κ1) is 25.1. The average Bonchev–Trinajstić information content (AvgIpc) is 2.88. The second-order valence-electron chi connectivity index (χ2n) is 7.28. The lowest BCUT2D eigenvalue weighted by Crippen LogP contribution is -2.33. The summed E-state index contributed by atoms with van der Waals surface area (Å²) in [5, 5.41) is 3.90. The Balaban J connectivity index is 0.00000306. The van der Waals surface area contributed by atoms with E-state index in [2.05, 4.69) is 84.9 Å². The lowest BCUT2D eigenvalue weighted by atomic mass is 9.96. The van der Waals surface area contributed by atoms with Crippen molar-refractivity contribution in [1.82, 2.24) is 0 Å². The highest BCUT2D eigenvalue weighted by Crippen LogP contribution is 2.40. The van der Waals surface area contributed by atoms with E-state index in [4.69, 9.17) is 14.2 Å². The van der Waals surface area contributed by atoms with Crippen LogP contribution < -0.4 is 20.7 Å². The Morgan fingerprint density at radius 1 is 0.545 bits per heavy atom. The molecule has 4 aromatic carbocycles. The summed E-state index contributed by atoms with van der Waals surface area (Å²) < 4.78 is 17.5. The van der Waals surface area contributed by atoms with Crippen LogP contribution in [0.25, 0.3) is 0 Å². The van der Waals surface area contributed by atoms with Crippen molar-refractivity contribution in [3.63, 3.8) is 0 Å². The SMILES string of the molecule is Br.COc1ccccc1C(OC)(OC)c1ccc(P(c2ccccc2)c2ccccc2)cc1. The molecular formula is C28H28BrO3P. The number of para-hydroxylation sites is 1. The number of hydrogen-bond donors (Lipinski definition) is 0. The Morgan fingerprint density at radius 3 is 1.48 bits per heavy atom. The van der Waals surface area contributed by atoms with Crippen LogP contribution in [0.2, 0.25) is 0 Å². The van der Waals surface area contributed by atoms with Gasteiger partial charge in [0.05, 0.1) is 12.7 Å². The summed E-state index contributed by atoms with van der Waals surface area (Å²) in [5.74, 6) is -0.344. The average molecular weight is 523 g/mol. The predicted octanol–water partition coefficient (Wildman–Crippen LogP) is 5.53. The normalized spacial score (nSPS) is 11.2. The third-order valence-electron chi connectivity index (χ3n) is 5.57. The quantitative estimate of drug-likeness (QED) is 0.225.